The van der Waals surface area contributed by atoms with Gasteiger partial charge in [0.05, 0.1) is 24.9 Å². The summed E-state index contributed by atoms with van der Waals surface area (Å²) in [6.45, 7) is 3.79. The van der Waals surface area contributed by atoms with Crippen LogP contribution in [0.15, 0.2) is 29.1 Å². The van der Waals surface area contributed by atoms with E-state index in [4.69, 9.17) is 9.72 Å². The first-order valence-corrected chi connectivity index (χ1v) is 11.4. The number of benzene rings is 1. The number of hydrogen-bond acceptors (Lipinski definition) is 5. The molecular weight excluding hydrogens is 392 g/mol. The van der Waals surface area contributed by atoms with E-state index in [1.54, 1.807) is 7.11 Å². The van der Waals surface area contributed by atoms with Gasteiger partial charge in [0.25, 0.3) is 5.56 Å². The van der Waals surface area contributed by atoms with Crippen molar-refractivity contribution in [2.45, 2.75) is 51.1 Å². The highest BCUT2D eigenvalue weighted by Crippen LogP contribution is 2.33. The van der Waals surface area contributed by atoms with Gasteiger partial charge in [0.15, 0.2) is 0 Å². The molecule has 1 atom stereocenters. The Morgan fingerprint density at radius 1 is 1.23 bits per heavy atom. The third-order valence-electron chi connectivity index (χ3n) is 6.80. The van der Waals surface area contributed by atoms with E-state index in [2.05, 4.69) is 16.0 Å². The number of amides is 1. The van der Waals surface area contributed by atoms with Crippen LogP contribution in [0.5, 0.6) is 5.75 Å². The van der Waals surface area contributed by atoms with Crippen molar-refractivity contribution < 1.29 is 9.53 Å². The number of carbonyl (C=O) groups excluding carboxylic acids is 1. The fourth-order valence-corrected chi connectivity index (χ4v) is 4.91. The van der Waals surface area contributed by atoms with Gasteiger partial charge in [-0.15, -0.1) is 0 Å². The number of para-hydroxylation sites is 1. The molecule has 1 aromatic heterocycles. The fourth-order valence-electron chi connectivity index (χ4n) is 4.91. The van der Waals surface area contributed by atoms with Crippen molar-refractivity contribution in [3.63, 3.8) is 0 Å². The number of ether oxygens (including phenoxy) is 1. The van der Waals surface area contributed by atoms with Crippen LogP contribution in [0.1, 0.15) is 54.2 Å². The summed E-state index contributed by atoms with van der Waals surface area (Å²) in [6.07, 6.45) is 4.74. The van der Waals surface area contributed by atoms with Crippen molar-refractivity contribution in [3.8, 4) is 5.75 Å². The number of carbonyl (C=O) groups is 1. The van der Waals surface area contributed by atoms with E-state index in [9.17, 15) is 9.59 Å². The summed E-state index contributed by atoms with van der Waals surface area (Å²) in [5.41, 5.74) is 2.65. The first-order valence-electron chi connectivity index (χ1n) is 11.4. The highest BCUT2D eigenvalue weighted by Gasteiger charge is 2.35. The third-order valence-corrected chi connectivity index (χ3v) is 6.80. The number of hydrogen-bond donors (Lipinski definition) is 1. The van der Waals surface area contributed by atoms with E-state index < -0.39 is 0 Å². The first kappa shape index (κ1) is 20.2. The number of rotatable bonds is 5. The molecule has 1 aromatic carbocycles. The second-order valence-corrected chi connectivity index (χ2v) is 9.05. The molecule has 1 saturated carbocycles. The van der Waals surface area contributed by atoms with Crippen molar-refractivity contribution in [2.75, 3.05) is 26.7 Å². The lowest BCUT2D eigenvalue weighted by Crippen LogP contribution is -2.41. The normalized spacial score (nSPS) is 21.6. The van der Waals surface area contributed by atoms with Gasteiger partial charge in [-0.3, -0.25) is 14.5 Å². The molecule has 2 aromatic rings. The topological polar surface area (TPSA) is 78.5 Å². The third kappa shape index (κ3) is 4.24. The molecule has 1 saturated heterocycles. The molecule has 3 aliphatic rings. The van der Waals surface area contributed by atoms with Gasteiger partial charge in [-0.2, -0.15) is 0 Å². The van der Waals surface area contributed by atoms with Crippen LogP contribution >= 0.6 is 0 Å². The summed E-state index contributed by atoms with van der Waals surface area (Å²) in [5.74, 6) is 2.32. The average molecular weight is 423 g/mol. The standard InChI is InChI=1S/C24H30N4O3/c1-31-21-7-3-2-5-17(21)13-27-11-4-6-18(14-27)22-25-20-10-12-28(24(30)16-8-9-16)15-19(20)23(29)26-22/h2-3,5,7,16,18H,4,6,8-15H2,1H3,(H,25,26,29)/t18-/m1/s1. The molecule has 7 heteroatoms. The number of H-pyrrole nitrogens is 1. The summed E-state index contributed by atoms with van der Waals surface area (Å²) >= 11 is 0. The van der Waals surface area contributed by atoms with Crippen molar-refractivity contribution in [2.24, 2.45) is 5.92 Å². The molecule has 2 aliphatic heterocycles. The minimum atomic E-state index is -0.0739. The van der Waals surface area contributed by atoms with Crippen molar-refractivity contribution in [1.82, 2.24) is 19.8 Å². The van der Waals surface area contributed by atoms with Gasteiger partial charge < -0.3 is 14.6 Å². The van der Waals surface area contributed by atoms with Gasteiger partial charge in [-0.05, 0) is 38.3 Å². The largest absolute Gasteiger partial charge is 0.496 e. The second-order valence-electron chi connectivity index (χ2n) is 9.05. The van der Waals surface area contributed by atoms with E-state index in [1.165, 1.54) is 5.56 Å². The minimum absolute atomic E-state index is 0.0739. The van der Waals surface area contributed by atoms with Gasteiger partial charge in [-0.1, -0.05) is 18.2 Å². The van der Waals surface area contributed by atoms with Crippen molar-refractivity contribution in [3.05, 3.63) is 57.3 Å². The molecule has 0 spiro atoms. The highest BCUT2D eigenvalue weighted by atomic mass is 16.5. The van der Waals surface area contributed by atoms with Gasteiger partial charge >= 0.3 is 0 Å². The Morgan fingerprint density at radius 3 is 2.87 bits per heavy atom. The van der Waals surface area contributed by atoms with E-state index in [0.717, 1.165) is 62.6 Å². The molecule has 164 valence electrons. The van der Waals surface area contributed by atoms with Crippen LogP contribution in [-0.4, -0.2) is 52.4 Å². The van der Waals surface area contributed by atoms with Crippen LogP contribution in [0, 0.1) is 5.92 Å². The molecule has 1 aliphatic carbocycles. The van der Waals surface area contributed by atoms with Gasteiger partial charge in [0.2, 0.25) is 5.91 Å². The van der Waals surface area contributed by atoms with Gasteiger partial charge in [-0.25, -0.2) is 4.98 Å². The Kier molecular flexibility index (Phi) is 5.52. The van der Waals surface area contributed by atoms with E-state index in [1.807, 2.05) is 23.1 Å². The lowest BCUT2D eigenvalue weighted by Gasteiger charge is -2.33. The molecule has 5 rings (SSSR count). The smallest absolute Gasteiger partial charge is 0.256 e. The van der Waals surface area contributed by atoms with Crippen LogP contribution in [0.2, 0.25) is 0 Å². The summed E-state index contributed by atoms with van der Waals surface area (Å²) in [7, 11) is 1.71. The Labute approximate surface area is 182 Å². The summed E-state index contributed by atoms with van der Waals surface area (Å²) < 4.78 is 5.51. The monoisotopic (exact) mass is 422 g/mol. The van der Waals surface area contributed by atoms with Gasteiger partial charge in [0.1, 0.15) is 11.6 Å². The van der Waals surface area contributed by atoms with Crippen LogP contribution in [0.25, 0.3) is 0 Å². The molecule has 1 N–H and O–H groups in total. The number of likely N-dealkylation sites (tertiary alicyclic amines) is 1. The van der Waals surface area contributed by atoms with Crippen molar-refractivity contribution in [1.29, 1.82) is 0 Å². The molecule has 0 unspecified atom stereocenters. The zero-order valence-corrected chi connectivity index (χ0v) is 18.1. The summed E-state index contributed by atoms with van der Waals surface area (Å²) in [4.78, 5) is 37.5. The van der Waals surface area contributed by atoms with E-state index in [-0.39, 0.29) is 23.3 Å². The lowest BCUT2D eigenvalue weighted by atomic mass is 9.96. The number of nitrogens with one attached hydrogen (secondary N) is 1. The van der Waals surface area contributed by atoms with Gasteiger partial charge in [0, 0.05) is 43.5 Å². The first-order chi connectivity index (χ1) is 15.1. The minimum Gasteiger partial charge on any atom is -0.496 e. The Hall–Kier alpha value is -2.67. The number of piperidine rings is 1. The zero-order chi connectivity index (χ0) is 21.4. The molecule has 2 fully saturated rings. The Morgan fingerprint density at radius 2 is 2.06 bits per heavy atom. The van der Waals surface area contributed by atoms with Crippen LogP contribution in [0.3, 0.4) is 0 Å². The van der Waals surface area contributed by atoms with E-state index >= 15 is 0 Å². The maximum absolute atomic E-state index is 12.9. The average Bonchev–Trinajstić information content (AvgIpc) is 3.64. The Bertz CT molecular complexity index is 1030. The van der Waals surface area contributed by atoms with Crippen LogP contribution in [0.4, 0.5) is 0 Å². The number of fused-ring (bicyclic) bond motifs is 1. The highest BCUT2D eigenvalue weighted by molar-refractivity contribution is 5.81. The maximum atomic E-state index is 12.9. The second kappa shape index (κ2) is 8.46. The van der Waals surface area contributed by atoms with Crippen LogP contribution in [-0.2, 0) is 24.3 Å². The number of methoxy groups -OCH3 is 1. The molecule has 0 bridgehead atoms. The number of nitrogens with zero attached hydrogens (tertiary/aromatic N) is 3. The molecular formula is C24H30N4O3. The van der Waals surface area contributed by atoms with E-state index in [0.29, 0.717) is 25.1 Å². The number of aromatic nitrogens is 2. The molecule has 0 radical (unpaired) electrons. The Balaban J connectivity index is 1.31. The quantitative estimate of drug-likeness (QED) is 0.801. The molecule has 7 nitrogen and oxygen atoms in total. The predicted octanol–water partition coefficient (Wildman–Crippen LogP) is 2.45. The van der Waals surface area contributed by atoms with Crippen LogP contribution < -0.4 is 10.3 Å². The maximum Gasteiger partial charge on any atom is 0.256 e. The molecule has 3 heterocycles. The molecule has 31 heavy (non-hydrogen) atoms. The SMILES string of the molecule is COc1ccccc1CN1CCC[C@@H](c2nc3c(c(=O)[nH]2)CN(C(=O)C2CC2)CC3)C1. The lowest BCUT2D eigenvalue weighted by molar-refractivity contribution is -0.133. The predicted molar refractivity (Wildman–Crippen MR) is 117 cm³/mol. The molecule has 1 amide bonds. The fraction of sp³-hybridized carbons (Fsp3) is 0.542. The summed E-state index contributed by atoms with van der Waals surface area (Å²) in [6, 6.07) is 8.13. The summed E-state index contributed by atoms with van der Waals surface area (Å²) in [5, 5.41) is 0. The number of aromatic amines is 1. The zero-order valence-electron chi connectivity index (χ0n) is 18.1. The van der Waals surface area contributed by atoms with Crippen molar-refractivity contribution >= 4 is 5.91 Å².